The SMILES string of the molecule is O=C(NCC1CCCCC1)c1cccnc1NC(=O)c1cccc2ccccc12.O=C(O)C(F)(F)F. The molecule has 0 unspecified atom stereocenters. The number of carbonyl (C=O) groups excluding carboxylic acids is 2. The summed E-state index contributed by atoms with van der Waals surface area (Å²) in [4.78, 5) is 38.8. The molecule has 0 aliphatic heterocycles. The third-order valence-corrected chi connectivity index (χ3v) is 5.84. The number of nitrogens with one attached hydrogen (secondary N) is 2. The van der Waals surface area contributed by atoms with Gasteiger partial charge in [-0.3, -0.25) is 9.59 Å². The zero-order valence-corrected chi connectivity index (χ0v) is 19.3. The molecular formula is C26H26F3N3O4. The van der Waals surface area contributed by atoms with Gasteiger partial charge in [-0.2, -0.15) is 13.2 Å². The highest BCUT2D eigenvalue weighted by Crippen LogP contribution is 2.23. The number of alkyl halides is 3. The topological polar surface area (TPSA) is 108 Å². The van der Waals surface area contributed by atoms with Crippen LogP contribution in [0.4, 0.5) is 19.0 Å². The number of aromatic nitrogens is 1. The third kappa shape index (κ3) is 7.27. The molecule has 3 N–H and O–H groups in total. The van der Waals surface area contributed by atoms with Crippen molar-refractivity contribution >= 4 is 34.4 Å². The first kappa shape index (κ1) is 26.7. The van der Waals surface area contributed by atoms with Crippen molar-refractivity contribution in [1.82, 2.24) is 10.3 Å². The maximum atomic E-state index is 12.9. The van der Waals surface area contributed by atoms with E-state index in [1.165, 1.54) is 19.3 Å². The van der Waals surface area contributed by atoms with E-state index in [2.05, 4.69) is 15.6 Å². The summed E-state index contributed by atoms with van der Waals surface area (Å²) in [5.74, 6) is -2.41. The van der Waals surface area contributed by atoms with Crippen LogP contribution < -0.4 is 10.6 Å². The highest BCUT2D eigenvalue weighted by molar-refractivity contribution is 6.14. The lowest BCUT2D eigenvalue weighted by molar-refractivity contribution is -0.192. The molecular weight excluding hydrogens is 475 g/mol. The first-order chi connectivity index (χ1) is 17.2. The van der Waals surface area contributed by atoms with Crippen LogP contribution in [0.1, 0.15) is 52.8 Å². The number of carboxylic acids is 1. The van der Waals surface area contributed by atoms with Gasteiger partial charge in [-0.05, 0) is 47.7 Å². The molecule has 2 amide bonds. The maximum Gasteiger partial charge on any atom is 0.490 e. The maximum absolute atomic E-state index is 12.9. The van der Waals surface area contributed by atoms with Crippen LogP contribution in [0.25, 0.3) is 10.8 Å². The minimum Gasteiger partial charge on any atom is -0.475 e. The summed E-state index contributed by atoms with van der Waals surface area (Å²) in [6.07, 6.45) is 2.59. The number of halogens is 3. The van der Waals surface area contributed by atoms with Crippen LogP contribution in [-0.2, 0) is 4.79 Å². The van der Waals surface area contributed by atoms with Gasteiger partial charge in [-0.25, -0.2) is 9.78 Å². The van der Waals surface area contributed by atoms with E-state index in [-0.39, 0.29) is 17.6 Å². The molecule has 1 saturated carbocycles. The second-order valence-electron chi connectivity index (χ2n) is 8.40. The molecule has 0 atom stereocenters. The predicted molar refractivity (Wildman–Crippen MR) is 129 cm³/mol. The molecule has 1 fully saturated rings. The Morgan fingerprint density at radius 2 is 1.53 bits per heavy atom. The minimum atomic E-state index is -5.08. The fraction of sp³-hybridized carbons (Fsp3) is 0.308. The van der Waals surface area contributed by atoms with Crippen molar-refractivity contribution in [3.05, 3.63) is 71.9 Å². The normalized spacial score (nSPS) is 13.9. The van der Waals surface area contributed by atoms with Crippen LogP contribution in [-0.4, -0.2) is 40.6 Å². The van der Waals surface area contributed by atoms with Gasteiger partial charge in [-0.1, -0.05) is 55.7 Å². The quantitative estimate of drug-likeness (QED) is 0.432. The molecule has 1 aliphatic carbocycles. The Labute approximate surface area is 205 Å². The van der Waals surface area contributed by atoms with Crippen molar-refractivity contribution < 1.29 is 32.7 Å². The number of aliphatic carboxylic acids is 1. The molecule has 7 nitrogen and oxygen atoms in total. The van der Waals surface area contributed by atoms with E-state index in [4.69, 9.17) is 9.90 Å². The molecule has 1 aromatic heterocycles. The Morgan fingerprint density at radius 1 is 0.889 bits per heavy atom. The lowest BCUT2D eigenvalue weighted by atomic mass is 9.89. The zero-order chi connectivity index (χ0) is 26.1. The summed E-state index contributed by atoms with van der Waals surface area (Å²) in [6.45, 7) is 0.671. The molecule has 4 rings (SSSR count). The first-order valence-electron chi connectivity index (χ1n) is 11.5. The number of benzene rings is 2. The van der Waals surface area contributed by atoms with Gasteiger partial charge >= 0.3 is 12.1 Å². The van der Waals surface area contributed by atoms with Crippen LogP contribution in [0, 0.1) is 5.92 Å². The highest BCUT2D eigenvalue weighted by atomic mass is 19.4. The fourth-order valence-electron chi connectivity index (χ4n) is 4.01. The Morgan fingerprint density at radius 3 is 2.22 bits per heavy atom. The lowest BCUT2D eigenvalue weighted by Gasteiger charge is -2.22. The number of amides is 2. The van der Waals surface area contributed by atoms with Gasteiger partial charge in [0.15, 0.2) is 0 Å². The molecule has 1 heterocycles. The van der Waals surface area contributed by atoms with E-state index in [0.29, 0.717) is 23.6 Å². The van der Waals surface area contributed by atoms with Crippen LogP contribution >= 0.6 is 0 Å². The summed E-state index contributed by atoms with van der Waals surface area (Å²) < 4.78 is 31.7. The summed E-state index contributed by atoms with van der Waals surface area (Å²) in [7, 11) is 0. The number of rotatable bonds is 5. The molecule has 36 heavy (non-hydrogen) atoms. The van der Waals surface area contributed by atoms with E-state index in [1.807, 2.05) is 36.4 Å². The molecule has 190 valence electrons. The van der Waals surface area contributed by atoms with Gasteiger partial charge in [0.2, 0.25) is 0 Å². The van der Waals surface area contributed by atoms with Crippen molar-refractivity contribution in [3.63, 3.8) is 0 Å². The number of carbonyl (C=O) groups is 3. The van der Waals surface area contributed by atoms with E-state index in [0.717, 1.165) is 23.6 Å². The summed E-state index contributed by atoms with van der Waals surface area (Å²) in [5, 5.41) is 14.8. The van der Waals surface area contributed by atoms with Crippen LogP contribution in [0.3, 0.4) is 0 Å². The molecule has 0 bridgehead atoms. The van der Waals surface area contributed by atoms with Gasteiger partial charge in [-0.15, -0.1) is 0 Å². The summed E-state index contributed by atoms with van der Waals surface area (Å²) in [5.41, 5.74) is 0.944. The second-order valence-corrected chi connectivity index (χ2v) is 8.40. The van der Waals surface area contributed by atoms with Crippen molar-refractivity contribution in [2.75, 3.05) is 11.9 Å². The molecule has 1 aliphatic rings. The number of pyridine rings is 1. The second kappa shape index (κ2) is 12.1. The van der Waals surface area contributed by atoms with E-state index in [9.17, 15) is 22.8 Å². The molecule has 0 radical (unpaired) electrons. The van der Waals surface area contributed by atoms with Gasteiger partial charge < -0.3 is 15.7 Å². The molecule has 10 heteroatoms. The number of hydrogen-bond donors (Lipinski definition) is 3. The van der Waals surface area contributed by atoms with E-state index < -0.39 is 12.1 Å². The minimum absolute atomic E-state index is 0.197. The Kier molecular flexibility index (Phi) is 8.99. The van der Waals surface area contributed by atoms with E-state index >= 15 is 0 Å². The van der Waals surface area contributed by atoms with E-state index in [1.54, 1.807) is 24.4 Å². The number of fused-ring (bicyclic) bond motifs is 1. The van der Waals surface area contributed by atoms with Gasteiger partial charge in [0.1, 0.15) is 5.82 Å². The van der Waals surface area contributed by atoms with Crippen molar-refractivity contribution in [3.8, 4) is 0 Å². The monoisotopic (exact) mass is 501 g/mol. The zero-order valence-electron chi connectivity index (χ0n) is 19.3. The number of carboxylic acid groups (broad SMARTS) is 1. The average molecular weight is 502 g/mol. The number of nitrogens with zero attached hydrogens (tertiary/aromatic N) is 1. The van der Waals surface area contributed by atoms with Crippen LogP contribution in [0.5, 0.6) is 0 Å². The Balaban J connectivity index is 0.000000454. The largest absolute Gasteiger partial charge is 0.490 e. The van der Waals surface area contributed by atoms with Gasteiger partial charge in [0.05, 0.1) is 5.56 Å². The molecule has 0 spiro atoms. The van der Waals surface area contributed by atoms with Crippen LogP contribution in [0.15, 0.2) is 60.8 Å². The standard InChI is InChI=1S/C24H25N3O2.C2HF3O2/c28-23(26-16-17-8-2-1-3-9-17)21-14-7-15-25-22(21)27-24(29)20-13-6-11-18-10-4-5-12-19(18)20;3-2(4,5)1(6)7/h4-7,10-15,17H,1-3,8-9,16H2,(H,26,28)(H,25,27,29);(H,6,7). The van der Waals surface area contributed by atoms with Crippen molar-refractivity contribution in [2.24, 2.45) is 5.92 Å². The molecule has 2 aromatic carbocycles. The first-order valence-corrected chi connectivity index (χ1v) is 11.5. The molecule has 0 saturated heterocycles. The average Bonchev–Trinajstić information content (AvgIpc) is 2.87. The number of anilines is 1. The van der Waals surface area contributed by atoms with Crippen molar-refractivity contribution in [1.29, 1.82) is 0 Å². The highest BCUT2D eigenvalue weighted by Gasteiger charge is 2.38. The summed E-state index contributed by atoms with van der Waals surface area (Å²) in [6, 6.07) is 16.7. The predicted octanol–water partition coefficient (Wildman–Crippen LogP) is 5.43. The van der Waals surface area contributed by atoms with Crippen molar-refractivity contribution in [2.45, 2.75) is 38.3 Å². The van der Waals surface area contributed by atoms with Gasteiger partial charge in [0.25, 0.3) is 11.8 Å². The third-order valence-electron chi connectivity index (χ3n) is 5.84. The Hall–Kier alpha value is -3.95. The van der Waals surface area contributed by atoms with Gasteiger partial charge in [0, 0.05) is 18.3 Å². The van der Waals surface area contributed by atoms with Crippen LogP contribution in [0.2, 0.25) is 0 Å². The molecule has 3 aromatic rings. The lowest BCUT2D eigenvalue weighted by Crippen LogP contribution is -2.31. The fourth-order valence-corrected chi connectivity index (χ4v) is 4.01. The smallest absolute Gasteiger partial charge is 0.475 e. The Bertz CT molecular complexity index is 1220. The number of hydrogen-bond acceptors (Lipinski definition) is 4. The summed E-state index contributed by atoms with van der Waals surface area (Å²) >= 11 is 0.